The molecule has 2 rings (SSSR count). The molecule has 0 saturated heterocycles. The van der Waals surface area contributed by atoms with Crippen molar-refractivity contribution in [3.05, 3.63) is 35.1 Å². The number of carbonyl (C=O) groups excluding carboxylic acids is 1. The first-order chi connectivity index (χ1) is 10.5. The Hall–Kier alpha value is -1.91. The van der Waals surface area contributed by atoms with Gasteiger partial charge < -0.3 is 10.4 Å². The van der Waals surface area contributed by atoms with Gasteiger partial charge in [-0.05, 0) is 37.0 Å². The Bertz CT molecular complexity index is 551. The minimum Gasteiger partial charge on any atom is -0.479 e. The molecule has 0 aromatic heterocycles. The zero-order valence-electron chi connectivity index (χ0n) is 12.8. The fourth-order valence-corrected chi connectivity index (χ4v) is 2.94. The van der Waals surface area contributed by atoms with Crippen molar-refractivity contribution in [2.75, 3.05) is 0 Å². The van der Waals surface area contributed by atoms with Gasteiger partial charge in [-0.3, -0.25) is 4.79 Å². The quantitative estimate of drug-likeness (QED) is 0.838. The first-order valence-electron chi connectivity index (χ1n) is 7.78. The summed E-state index contributed by atoms with van der Waals surface area (Å²) in [6.45, 7) is 1.57. The number of carboxylic acid groups (broad SMARTS) is 1. The molecule has 1 aliphatic carbocycles. The molecule has 120 valence electrons. The molecular formula is C17H22FNO3. The van der Waals surface area contributed by atoms with E-state index in [4.69, 9.17) is 0 Å². The van der Waals surface area contributed by atoms with Gasteiger partial charge in [-0.1, -0.05) is 37.8 Å². The zero-order valence-corrected chi connectivity index (χ0v) is 12.8. The molecular weight excluding hydrogens is 285 g/mol. The highest BCUT2D eigenvalue weighted by molar-refractivity contribution is 5.85. The number of aliphatic carboxylic acids is 1. The number of benzene rings is 1. The van der Waals surface area contributed by atoms with E-state index in [2.05, 4.69) is 5.32 Å². The second-order valence-electron chi connectivity index (χ2n) is 5.98. The van der Waals surface area contributed by atoms with Crippen molar-refractivity contribution >= 4 is 11.9 Å². The minimum absolute atomic E-state index is 0.120. The number of hydrogen-bond donors (Lipinski definition) is 2. The molecule has 1 atom stereocenters. The number of nitrogens with one attached hydrogen (secondary N) is 1. The number of rotatable bonds is 4. The van der Waals surface area contributed by atoms with Gasteiger partial charge in [0.15, 0.2) is 6.04 Å². The van der Waals surface area contributed by atoms with Crippen LogP contribution in [0.15, 0.2) is 18.2 Å². The SMILES string of the molecule is Cc1cc(C(NC(=O)C2CCCCCC2)C(=O)O)ccc1F. The van der Waals surface area contributed by atoms with E-state index in [0.717, 1.165) is 38.5 Å². The maximum absolute atomic E-state index is 13.3. The summed E-state index contributed by atoms with van der Waals surface area (Å²) in [4.78, 5) is 23.8. The lowest BCUT2D eigenvalue weighted by atomic mass is 9.97. The van der Waals surface area contributed by atoms with Gasteiger partial charge in [0.2, 0.25) is 5.91 Å². The second-order valence-corrected chi connectivity index (χ2v) is 5.98. The third kappa shape index (κ3) is 4.06. The maximum atomic E-state index is 13.3. The van der Waals surface area contributed by atoms with E-state index in [0.29, 0.717) is 11.1 Å². The maximum Gasteiger partial charge on any atom is 0.330 e. The van der Waals surface area contributed by atoms with Crippen LogP contribution < -0.4 is 5.32 Å². The van der Waals surface area contributed by atoms with Gasteiger partial charge >= 0.3 is 5.97 Å². The highest BCUT2D eigenvalue weighted by Gasteiger charge is 2.27. The van der Waals surface area contributed by atoms with Gasteiger partial charge in [0.1, 0.15) is 5.82 Å². The molecule has 0 spiro atoms. The number of hydrogen-bond acceptors (Lipinski definition) is 2. The summed E-state index contributed by atoms with van der Waals surface area (Å²) in [7, 11) is 0. The molecule has 4 nitrogen and oxygen atoms in total. The predicted molar refractivity (Wildman–Crippen MR) is 80.8 cm³/mol. The third-order valence-electron chi connectivity index (χ3n) is 4.27. The first kappa shape index (κ1) is 16.5. The average Bonchev–Trinajstić information content (AvgIpc) is 2.76. The fourth-order valence-electron chi connectivity index (χ4n) is 2.94. The molecule has 0 aliphatic heterocycles. The van der Waals surface area contributed by atoms with Crippen molar-refractivity contribution in [1.29, 1.82) is 0 Å². The molecule has 0 radical (unpaired) electrons. The van der Waals surface area contributed by atoms with Crippen LogP contribution in [0.2, 0.25) is 0 Å². The van der Waals surface area contributed by atoms with E-state index in [1.54, 1.807) is 6.92 Å². The van der Waals surface area contributed by atoms with E-state index in [-0.39, 0.29) is 17.6 Å². The van der Waals surface area contributed by atoms with Crippen LogP contribution >= 0.6 is 0 Å². The van der Waals surface area contributed by atoms with Gasteiger partial charge in [0, 0.05) is 5.92 Å². The largest absolute Gasteiger partial charge is 0.479 e. The summed E-state index contributed by atoms with van der Waals surface area (Å²) < 4.78 is 13.3. The van der Waals surface area contributed by atoms with Gasteiger partial charge in [0.25, 0.3) is 0 Å². The van der Waals surface area contributed by atoms with Crippen LogP contribution in [0.25, 0.3) is 0 Å². The van der Waals surface area contributed by atoms with Crippen molar-refractivity contribution < 1.29 is 19.1 Å². The molecule has 5 heteroatoms. The Morgan fingerprint density at radius 1 is 1.23 bits per heavy atom. The Morgan fingerprint density at radius 3 is 2.41 bits per heavy atom. The Morgan fingerprint density at radius 2 is 1.86 bits per heavy atom. The molecule has 1 saturated carbocycles. The molecule has 1 aromatic rings. The smallest absolute Gasteiger partial charge is 0.330 e. The molecule has 0 heterocycles. The lowest BCUT2D eigenvalue weighted by Crippen LogP contribution is -2.37. The minimum atomic E-state index is -1.13. The molecule has 1 unspecified atom stereocenters. The number of amides is 1. The van der Waals surface area contributed by atoms with Crippen molar-refractivity contribution in [2.24, 2.45) is 5.92 Å². The van der Waals surface area contributed by atoms with Crippen molar-refractivity contribution in [3.63, 3.8) is 0 Å². The third-order valence-corrected chi connectivity index (χ3v) is 4.27. The zero-order chi connectivity index (χ0) is 16.1. The number of halogens is 1. The van der Waals surface area contributed by atoms with Crippen LogP contribution in [0.1, 0.15) is 55.7 Å². The summed E-state index contributed by atoms with van der Waals surface area (Å²) in [5, 5.41) is 12.0. The van der Waals surface area contributed by atoms with E-state index in [9.17, 15) is 19.1 Å². The first-order valence-corrected chi connectivity index (χ1v) is 7.78. The summed E-state index contributed by atoms with van der Waals surface area (Å²) >= 11 is 0. The van der Waals surface area contributed by atoms with Crippen LogP contribution in [-0.4, -0.2) is 17.0 Å². The van der Waals surface area contributed by atoms with E-state index >= 15 is 0 Å². The average molecular weight is 307 g/mol. The van der Waals surface area contributed by atoms with Crippen molar-refractivity contribution in [2.45, 2.75) is 51.5 Å². The molecule has 1 amide bonds. The summed E-state index contributed by atoms with van der Waals surface area (Å²) in [5.74, 6) is -1.85. The Labute approximate surface area is 129 Å². The molecule has 1 aliphatic rings. The predicted octanol–water partition coefficient (Wildman–Crippen LogP) is 3.35. The van der Waals surface area contributed by atoms with E-state index < -0.39 is 12.0 Å². The lowest BCUT2D eigenvalue weighted by Gasteiger charge is -2.20. The number of aryl methyl sites for hydroxylation is 1. The van der Waals surface area contributed by atoms with E-state index in [1.165, 1.54) is 18.2 Å². The van der Waals surface area contributed by atoms with Gasteiger partial charge in [-0.2, -0.15) is 0 Å². The summed E-state index contributed by atoms with van der Waals surface area (Å²) in [6, 6.07) is 2.99. The fraction of sp³-hybridized carbons (Fsp3) is 0.529. The second kappa shape index (κ2) is 7.38. The van der Waals surface area contributed by atoms with E-state index in [1.807, 2.05) is 0 Å². The number of carbonyl (C=O) groups is 2. The Balaban J connectivity index is 2.12. The van der Waals surface area contributed by atoms with Gasteiger partial charge in [-0.15, -0.1) is 0 Å². The van der Waals surface area contributed by atoms with Crippen LogP contribution in [0.4, 0.5) is 4.39 Å². The highest BCUT2D eigenvalue weighted by atomic mass is 19.1. The topological polar surface area (TPSA) is 66.4 Å². The van der Waals surface area contributed by atoms with Crippen molar-refractivity contribution in [1.82, 2.24) is 5.32 Å². The summed E-state index contributed by atoms with van der Waals surface area (Å²) in [5.41, 5.74) is 0.765. The van der Waals surface area contributed by atoms with Crippen LogP contribution in [0, 0.1) is 18.7 Å². The van der Waals surface area contributed by atoms with Crippen LogP contribution in [0.3, 0.4) is 0 Å². The molecule has 22 heavy (non-hydrogen) atoms. The van der Waals surface area contributed by atoms with Gasteiger partial charge in [0.05, 0.1) is 0 Å². The molecule has 1 aromatic carbocycles. The Kier molecular flexibility index (Phi) is 5.52. The normalized spacial score (nSPS) is 17.5. The monoisotopic (exact) mass is 307 g/mol. The highest BCUT2D eigenvalue weighted by Crippen LogP contribution is 2.24. The van der Waals surface area contributed by atoms with Crippen molar-refractivity contribution in [3.8, 4) is 0 Å². The number of carboxylic acids is 1. The van der Waals surface area contributed by atoms with Crippen LogP contribution in [0.5, 0.6) is 0 Å². The molecule has 2 N–H and O–H groups in total. The standard InChI is InChI=1S/C17H22FNO3/c1-11-10-13(8-9-14(11)18)15(17(21)22)19-16(20)12-6-4-2-3-5-7-12/h8-10,12,15H,2-7H2,1H3,(H,19,20)(H,21,22). The lowest BCUT2D eigenvalue weighted by molar-refractivity contribution is -0.142. The van der Waals surface area contributed by atoms with Gasteiger partial charge in [-0.25, -0.2) is 9.18 Å². The molecule has 1 fully saturated rings. The molecule has 0 bridgehead atoms. The summed E-state index contributed by atoms with van der Waals surface area (Å²) in [6.07, 6.45) is 5.88. The van der Waals surface area contributed by atoms with Crippen LogP contribution in [-0.2, 0) is 9.59 Å².